The summed E-state index contributed by atoms with van der Waals surface area (Å²) in [6.45, 7) is 2.00. The lowest BCUT2D eigenvalue weighted by atomic mass is 10.2. The van der Waals surface area contributed by atoms with Gasteiger partial charge in [0.1, 0.15) is 5.82 Å². The minimum Gasteiger partial charge on any atom is -0.359 e. The monoisotopic (exact) mass is 278 g/mol. The molecule has 0 saturated carbocycles. The van der Waals surface area contributed by atoms with Gasteiger partial charge in [-0.2, -0.15) is 4.98 Å². The number of hydrogen-bond acceptors (Lipinski definition) is 4. The van der Waals surface area contributed by atoms with Crippen LogP contribution in [0, 0.1) is 0 Å². The van der Waals surface area contributed by atoms with E-state index in [0.29, 0.717) is 5.28 Å². The summed E-state index contributed by atoms with van der Waals surface area (Å²) < 4.78 is 0. The molecule has 0 N–H and O–H groups in total. The molecule has 0 saturated heterocycles. The van der Waals surface area contributed by atoms with Crippen molar-refractivity contribution in [1.82, 2.24) is 14.9 Å². The normalized spacial score (nSPS) is 11.2. The van der Waals surface area contributed by atoms with Crippen LogP contribution in [-0.4, -0.2) is 49.1 Å². The standard InChI is InChI=1S/C14H19ClN4/c1-18(2)9-6-10-19(3)13-11-7-4-5-8-12(11)16-14(15)17-13/h4-5,7-8H,6,9-10H2,1-3H3. The Morgan fingerprint density at radius 1 is 1.05 bits per heavy atom. The molecule has 0 aliphatic carbocycles. The highest BCUT2D eigenvalue weighted by Gasteiger charge is 2.10. The van der Waals surface area contributed by atoms with Gasteiger partial charge in [0.2, 0.25) is 5.28 Å². The zero-order valence-corrected chi connectivity index (χ0v) is 12.4. The van der Waals surface area contributed by atoms with E-state index in [2.05, 4.69) is 33.9 Å². The molecule has 0 aliphatic rings. The molecule has 4 nitrogen and oxygen atoms in total. The number of benzene rings is 1. The topological polar surface area (TPSA) is 32.3 Å². The first kappa shape index (κ1) is 14.0. The van der Waals surface area contributed by atoms with Crippen molar-refractivity contribution in [3.63, 3.8) is 0 Å². The predicted molar refractivity (Wildman–Crippen MR) is 81.0 cm³/mol. The van der Waals surface area contributed by atoms with Crippen molar-refractivity contribution in [2.24, 2.45) is 0 Å². The molecule has 0 aliphatic heterocycles. The molecule has 0 fully saturated rings. The lowest BCUT2D eigenvalue weighted by molar-refractivity contribution is 0.401. The molecule has 0 atom stereocenters. The Morgan fingerprint density at radius 2 is 1.79 bits per heavy atom. The highest BCUT2D eigenvalue weighted by atomic mass is 35.5. The number of anilines is 1. The van der Waals surface area contributed by atoms with E-state index in [-0.39, 0.29) is 0 Å². The number of nitrogens with zero attached hydrogens (tertiary/aromatic N) is 4. The maximum Gasteiger partial charge on any atom is 0.224 e. The van der Waals surface area contributed by atoms with E-state index < -0.39 is 0 Å². The van der Waals surface area contributed by atoms with Crippen LogP contribution in [0.1, 0.15) is 6.42 Å². The third-order valence-electron chi connectivity index (χ3n) is 3.02. The van der Waals surface area contributed by atoms with Crippen molar-refractivity contribution in [3.05, 3.63) is 29.5 Å². The number of fused-ring (bicyclic) bond motifs is 1. The SMILES string of the molecule is CN(C)CCCN(C)c1nc(Cl)nc2ccccc12. The Morgan fingerprint density at radius 3 is 2.53 bits per heavy atom. The molecule has 2 aromatic rings. The number of rotatable bonds is 5. The fourth-order valence-corrected chi connectivity index (χ4v) is 2.22. The molecule has 0 radical (unpaired) electrons. The Bertz CT molecular complexity index is 556. The van der Waals surface area contributed by atoms with Gasteiger partial charge in [-0.3, -0.25) is 0 Å². The van der Waals surface area contributed by atoms with Crippen molar-refractivity contribution in [2.75, 3.05) is 39.1 Å². The Kier molecular flexibility index (Phi) is 4.56. The van der Waals surface area contributed by atoms with Gasteiger partial charge in [0.25, 0.3) is 0 Å². The molecule has 0 spiro atoms. The predicted octanol–water partition coefficient (Wildman–Crippen LogP) is 2.67. The van der Waals surface area contributed by atoms with Crippen LogP contribution in [0.3, 0.4) is 0 Å². The van der Waals surface area contributed by atoms with Gasteiger partial charge in [0, 0.05) is 19.0 Å². The lowest BCUT2D eigenvalue weighted by Gasteiger charge is -2.20. The van der Waals surface area contributed by atoms with E-state index in [4.69, 9.17) is 11.6 Å². The van der Waals surface area contributed by atoms with Gasteiger partial charge in [-0.15, -0.1) is 0 Å². The molecule has 0 unspecified atom stereocenters. The van der Waals surface area contributed by atoms with E-state index in [1.54, 1.807) is 0 Å². The fourth-order valence-electron chi connectivity index (χ4n) is 2.05. The van der Waals surface area contributed by atoms with Crippen LogP contribution in [0.15, 0.2) is 24.3 Å². The van der Waals surface area contributed by atoms with Gasteiger partial charge in [0.15, 0.2) is 0 Å². The third-order valence-corrected chi connectivity index (χ3v) is 3.19. The van der Waals surface area contributed by atoms with Crippen molar-refractivity contribution in [1.29, 1.82) is 0 Å². The van der Waals surface area contributed by atoms with Crippen molar-refractivity contribution < 1.29 is 0 Å². The van der Waals surface area contributed by atoms with E-state index >= 15 is 0 Å². The van der Waals surface area contributed by atoms with Crippen LogP contribution in [0.4, 0.5) is 5.82 Å². The first-order valence-electron chi connectivity index (χ1n) is 6.36. The fraction of sp³-hybridized carbons (Fsp3) is 0.429. The first-order chi connectivity index (χ1) is 9.08. The molecule has 1 aromatic carbocycles. The summed E-state index contributed by atoms with van der Waals surface area (Å²) in [5, 5.41) is 1.34. The second kappa shape index (κ2) is 6.17. The Labute approximate surface area is 119 Å². The van der Waals surface area contributed by atoms with Crippen LogP contribution in [0.2, 0.25) is 5.28 Å². The zero-order valence-electron chi connectivity index (χ0n) is 11.6. The Balaban J connectivity index is 2.23. The van der Waals surface area contributed by atoms with Gasteiger partial charge < -0.3 is 9.80 Å². The van der Waals surface area contributed by atoms with Gasteiger partial charge in [-0.05, 0) is 50.8 Å². The van der Waals surface area contributed by atoms with E-state index in [0.717, 1.165) is 36.2 Å². The molecule has 102 valence electrons. The summed E-state index contributed by atoms with van der Waals surface area (Å²) >= 11 is 6.00. The molecule has 0 amide bonds. The summed E-state index contributed by atoms with van der Waals surface area (Å²) in [7, 11) is 6.20. The maximum atomic E-state index is 6.00. The van der Waals surface area contributed by atoms with Gasteiger partial charge in [-0.25, -0.2) is 4.98 Å². The van der Waals surface area contributed by atoms with E-state index in [1.807, 2.05) is 31.3 Å². The quantitative estimate of drug-likeness (QED) is 0.787. The average Bonchev–Trinajstić information content (AvgIpc) is 2.37. The van der Waals surface area contributed by atoms with Crippen LogP contribution < -0.4 is 4.90 Å². The molecule has 0 bridgehead atoms. The molecular formula is C14H19ClN4. The van der Waals surface area contributed by atoms with Crippen molar-refractivity contribution >= 4 is 28.3 Å². The largest absolute Gasteiger partial charge is 0.359 e. The average molecular weight is 279 g/mol. The summed E-state index contributed by atoms with van der Waals surface area (Å²) in [6.07, 6.45) is 1.08. The lowest BCUT2D eigenvalue weighted by Crippen LogP contribution is -2.24. The summed E-state index contributed by atoms with van der Waals surface area (Å²) in [4.78, 5) is 12.9. The van der Waals surface area contributed by atoms with Crippen LogP contribution in [0.5, 0.6) is 0 Å². The molecule has 1 aromatic heterocycles. The molecule has 5 heteroatoms. The number of aromatic nitrogens is 2. The minimum absolute atomic E-state index is 0.299. The number of halogens is 1. The summed E-state index contributed by atoms with van der Waals surface area (Å²) in [6, 6.07) is 7.95. The van der Waals surface area contributed by atoms with Crippen molar-refractivity contribution in [3.8, 4) is 0 Å². The molecule has 1 heterocycles. The molecule has 19 heavy (non-hydrogen) atoms. The van der Waals surface area contributed by atoms with Crippen LogP contribution in [-0.2, 0) is 0 Å². The second-order valence-electron chi connectivity index (χ2n) is 4.91. The summed E-state index contributed by atoms with van der Waals surface area (Å²) in [5.74, 6) is 0.898. The van der Waals surface area contributed by atoms with Crippen LogP contribution >= 0.6 is 11.6 Å². The second-order valence-corrected chi connectivity index (χ2v) is 5.25. The zero-order chi connectivity index (χ0) is 13.8. The minimum atomic E-state index is 0.299. The van der Waals surface area contributed by atoms with Gasteiger partial charge >= 0.3 is 0 Å². The van der Waals surface area contributed by atoms with Gasteiger partial charge in [0.05, 0.1) is 5.52 Å². The number of hydrogen-bond donors (Lipinski definition) is 0. The van der Waals surface area contributed by atoms with E-state index in [9.17, 15) is 0 Å². The third kappa shape index (κ3) is 3.55. The first-order valence-corrected chi connectivity index (χ1v) is 6.74. The van der Waals surface area contributed by atoms with E-state index in [1.165, 1.54) is 0 Å². The highest BCUT2D eigenvalue weighted by Crippen LogP contribution is 2.24. The van der Waals surface area contributed by atoms with Gasteiger partial charge in [-0.1, -0.05) is 12.1 Å². The summed E-state index contributed by atoms with van der Waals surface area (Å²) in [5.41, 5.74) is 0.886. The van der Waals surface area contributed by atoms with Crippen molar-refractivity contribution in [2.45, 2.75) is 6.42 Å². The molecular weight excluding hydrogens is 260 g/mol. The Hall–Kier alpha value is -1.39. The smallest absolute Gasteiger partial charge is 0.224 e. The van der Waals surface area contributed by atoms with Crippen LogP contribution in [0.25, 0.3) is 10.9 Å². The molecule has 2 rings (SSSR count). The maximum absolute atomic E-state index is 6.00. The highest BCUT2D eigenvalue weighted by molar-refractivity contribution is 6.28. The number of para-hydroxylation sites is 1.